The van der Waals surface area contributed by atoms with Crippen LogP contribution in [0.15, 0.2) is 18.2 Å². The molecule has 1 unspecified atom stereocenters. The second-order valence-corrected chi connectivity index (χ2v) is 5.81. The van der Waals surface area contributed by atoms with E-state index in [0.29, 0.717) is 12.1 Å². The number of hydrogen-bond donors (Lipinski definition) is 2. The van der Waals surface area contributed by atoms with Gasteiger partial charge in [-0.2, -0.15) is 11.8 Å². The van der Waals surface area contributed by atoms with Crippen molar-refractivity contribution in [3.8, 4) is 5.75 Å². The van der Waals surface area contributed by atoms with Gasteiger partial charge in [-0.25, -0.2) is 4.79 Å². The van der Waals surface area contributed by atoms with E-state index in [1.54, 1.807) is 17.8 Å². The van der Waals surface area contributed by atoms with Crippen molar-refractivity contribution in [3.63, 3.8) is 0 Å². The Labute approximate surface area is 126 Å². The number of hydrogen-bond acceptors (Lipinski definition) is 4. The molecule has 0 saturated heterocycles. The molecule has 7 heteroatoms. The van der Waals surface area contributed by atoms with E-state index < -0.39 is 12.6 Å². The van der Waals surface area contributed by atoms with Crippen LogP contribution in [0, 0.1) is 0 Å². The van der Waals surface area contributed by atoms with Crippen molar-refractivity contribution in [1.82, 2.24) is 0 Å². The third-order valence-corrected chi connectivity index (χ3v) is 3.71. The molecule has 0 heterocycles. The number of anilines is 1. The number of benzene rings is 1. The normalized spacial score (nSPS) is 11.8. The van der Waals surface area contributed by atoms with E-state index in [9.17, 15) is 9.59 Å². The van der Waals surface area contributed by atoms with Gasteiger partial charge in [0.2, 0.25) is 5.91 Å². The summed E-state index contributed by atoms with van der Waals surface area (Å²) < 4.78 is 4.99. The lowest BCUT2D eigenvalue weighted by Gasteiger charge is -2.11. The largest absolute Gasteiger partial charge is 0.480 e. The molecular weight excluding hydrogens is 302 g/mol. The maximum Gasteiger partial charge on any atom is 0.341 e. The molecule has 0 radical (unpaired) electrons. The number of aliphatic carboxylic acids is 1. The third-order valence-electron chi connectivity index (χ3n) is 2.44. The molecule has 1 rings (SSSR count). The molecule has 0 spiro atoms. The van der Waals surface area contributed by atoms with E-state index in [4.69, 9.17) is 21.4 Å². The monoisotopic (exact) mass is 317 g/mol. The zero-order valence-corrected chi connectivity index (χ0v) is 12.8. The lowest BCUT2D eigenvalue weighted by molar-refractivity contribution is -0.139. The second-order valence-electron chi connectivity index (χ2n) is 4.13. The Morgan fingerprint density at radius 1 is 1.50 bits per heavy atom. The summed E-state index contributed by atoms with van der Waals surface area (Å²) in [5, 5.41) is 11.7. The molecule has 1 aromatic carbocycles. The average Bonchev–Trinajstić information content (AvgIpc) is 2.37. The van der Waals surface area contributed by atoms with Crippen LogP contribution in [0.5, 0.6) is 5.75 Å². The Morgan fingerprint density at radius 3 is 2.75 bits per heavy atom. The summed E-state index contributed by atoms with van der Waals surface area (Å²) in [5.41, 5.74) is 0.552. The number of carboxylic acids is 1. The molecular formula is C13H16ClNO4S. The van der Waals surface area contributed by atoms with E-state index in [-0.39, 0.29) is 21.9 Å². The number of amides is 1. The van der Waals surface area contributed by atoms with Gasteiger partial charge in [0.15, 0.2) is 6.61 Å². The van der Waals surface area contributed by atoms with Crippen molar-refractivity contribution >= 4 is 40.9 Å². The van der Waals surface area contributed by atoms with Crippen molar-refractivity contribution < 1.29 is 19.4 Å². The highest BCUT2D eigenvalue weighted by Crippen LogP contribution is 2.27. The maximum absolute atomic E-state index is 11.7. The van der Waals surface area contributed by atoms with E-state index in [1.807, 2.05) is 13.2 Å². The summed E-state index contributed by atoms with van der Waals surface area (Å²) in [6, 6.07) is 4.67. The fourth-order valence-electron chi connectivity index (χ4n) is 1.39. The minimum Gasteiger partial charge on any atom is -0.480 e. The molecule has 5 nitrogen and oxygen atoms in total. The Bertz CT molecular complexity index is 495. The average molecular weight is 318 g/mol. The van der Waals surface area contributed by atoms with Crippen LogP contribution in [0.3, 0.4) is 0 Å². The highest BCUT2D eigenvalue weighted by Gasteiger charge is 2.10. The van der Waals surface area contributed by atoms with Gasteiger partial charge in [-0.15, -0.1) is 0 Å². The van der Waals surface area contributed by atoms with E-state index in [0.717, 1.165) is 0 Å². The summed E-state index contributed by atoms with van der Waals surface area (Å²) in [6.45, 7) is 1.51. The quantitative estimate of drug-likeness (QED) is 0.808. The Kier molecular flexibility index (Phi) is 6.67. The SMILES string of the molecule is CSC(C)CC(=O)Nc1ccc(OCC(=O)O)c(Cl)c1. The summed E-state index contributed by atoms with van der Waals surface area (Å²) >= 11 is 7.57. The first-order valence-corrected chi connectivity index (χ1v) is 7.55. The van der Waals surface area contributed by atoms with Crippen molar-refractivity contribution in [2.45, 2.75) is 18.6 Å². The van der Waals surface area contributed by atoms with Gasteiger partial charge in [0.1, 0.15) is 5.75 Å². The zero-order chi connectivity index (χ0) is 15.1. The molecule has 2 N–H and O–H groups in total. The minimum absolute atomic E-state index is 0.0953. The molecule has 1 amide bonds. The molecule has 0 bridgehead atoms. The molecule has 0 saturated carbocycles. The predicted molar refractivity (Wildman–Crippen MR) is 80.8 cm³/mol. The number of halogens is 1. The van der Waals surface area contributed by atoms with Crippen LogP contribution in [0.1, 0.15) is 13.3 Å². The van der Waals surface area contributed by atoms with Crippen molar-refractivity contribution in [2.75, 3.05) is 18.2 Å². The molecule has 0 aliphatic rings. The molecule has 0 aliphatic heterocycles. The Balaban J connectivity index is 2.63. The topological polar surface area (TPSA) is 75.6 Å². The standard InChI is InChI=1S/C13H16ClNO4S/c1-8(20-2)5-12(16)15-9-3-4-11(10(14)6-9)19-7-13(17)18/h3-4,6,8H,5,7H2,1-2H3,(H,15,16)(H,17,18). The van der Waals surface area contributed by atoms with E-state index in [2.05, 4.69) is 5.32 Å². The number of carbonyl (C=O) groups is 2. The number of carbonyl (C=O) groups excluding carboxylic acids is 1. The van der Waals surface area contributed by atoms with Gasteiger partial charge >= 0.3 is 5.97 Å². The van der Waals surface area contributed by atoms with Crippen LogP contribution >= 0.6 is 23.4 Å². The van der Waals surface area contributed by atoms with Crippen LogP contribution < -0.4 is 10.1 Å². The maximum atomic E-state index is 11.7. The molecule has 20 heavy (non-hydrogen) atoms. The number of nitrogens with one attached hydrogen (secondary N) is 1. The van der Waals surface area contributed by atoms with Crippen LogP contribution in [0.25, 0.3) is 0 Å². The van der Waals surface area contributed by atoms with E-state index in [1.165, 1.54) is 12.1 Å². The van der Waals surface area contributed by atoms with Gasteiger partial charge in [0.25, 0.3) is 0 Å². The predicted octanol–water partition coefficient (Wildman–Crippen LogP) is 2.88. The van der Waals surface area contributed by atoms with Gasteiger partial charge < -0.3 is 15.2 Å². The lowest BCUT2D eigenvalue weighted by atomic mass is 10.2. The first-order chi connectivity index (χ1) is 9.42. The third kappa shape index (κ3) is 5.71. The smallest absolute Gasteiger partial charge is 0.341 e. The zero-order valence-electron chi connectivity index (χ0n) is 11.2. The van der Waals surface area contributed by atoms with E-state index >= 15 is 0 Å². The van der Waals surface area contributed by atoms with Crippen molar-refractivity contribution in [2.24, 2.45) is 0 Å². The molecule has 0 aliphatic carbocycles. The van der Waals surface area contributed by atoms with Crippen molar-refractivity contribution in [1.29, 1.82) is 0 Å². The first kappa shape index (κ1) is 16.7. The highest BCUT2D eigenvalue weighted by atomic mass is 35.5. The number of carboxylic acid groups (broad SMARTS) is 1. The fraction of sp³-hybridized carbons (Fsp3) is 0.385. The molecule has 0 aromatic heterocycles. The van der Waals surface area contributed by atoms with Crippen molar-refractivity contribution in [3.05, 3.63) is 23.2 Å². The summed E-state index contributed by atoms with van der Waals surface area (Å²) in [5.74, 6) is -0.906. The van der Waals surface area contributed by atoms with Gasteiger partial charge in [-0.3, -0.25) is 4.79 Å². The van der Waals surface area contributed by atoms with Gasteiger partial charge in [0.05, 0.1) is 5.02 Å². The van der Waals surface area contributed by atoms with Crippen LogP contribution in [-0.2, 0) is 9.59 Å². The second kappa shape index (κ2) is 8.01. The Hall–Kier alpha value is -1.40. The summed E-state index contributed by atoms with van der Waals surface area (Å²) in [7, 11) is 0. The summed E-state index contributed by atoms with van der Waals surface area (Å²) in [6.07, 6.45) is 2.36. The molecule has 110 valence electrons. The first-order valence-electron chi connectivity index (χ1n) is 5.89. The fourth-order valence-corrected chi connectivity index (χ4v) is 1.94. The number of rotatable bonds is 7. The van der Waals surface area contributed by atoms with Gasteiger partial charge in [0, 0.05) is 17.4 Å². The number of thioether (sulfide) groups is 1. The number of ether oxygens (including phenoxy) is 1. The van der Waals surface area contributed by atoms with Crippen LogP contribution in [0.2, 0.25) is 5.02 Å². The summed E-state index contributed by atoms with van der Waals surface area (Å²) in [4.78, 5) is 22.1. The van der Waals surface area contributed by atoms with Gasteiger partial charge in [-0.05, 0) is 24.5 Å². The lowest BCUT2D eigenvalue weighted by Crippen LogP contribution is -2.16. The minimum atomic E-state index is -1.08. The molecule has 0 fully saturated rings. The highest BCUT2D eigenvalue weighted by molar-refractivity contribution is 7.99. The van der Waals surface area contributed by atoms with Gasteiger partial charge in [-0.1, -0.05) is 18.5 Å². The van der Waals surface area contributed by atoms with Crippen LogP contribution in [0.4, 0.5) is 5.69 Å². The molecule has 1 atom stereocenters. The van der Waals surface area contributed by atoms with Crippen LogP contribution in [-0.4, -0.2) is 35.1 Å². The molecule has 1 aromatic rings. The Morgan fingerprint density at radius 2 is 2.20 bits per heavy atom.